The molecule has 0 aliphatic rings. The van der Waals surface area contributed by atoms with Crippen molar-refractivity contribution in [3.8, 4) is 0 Å². The van der Waals surface area contributed by atoms with Crippen LogP contribution in [0.1, 0.15) is 38.2 Å². The fraction of sp³-hybridized carbons (Fsp3) is 0.571. The predicted octanol–water partition coefficient (Wildman–Crippen LogP) is 3.12. The fourth-order valence-corrected chi connectivity index (χ4v) is 2.19. The molecule has 0 fully saturated rings. The molecular weight excluding hydrogens is 228 g/mol. The lowest BCUT2D eigenvalue weighted by Crippen LogP contribution is -2.25. The molecule has 1 heterocycles. The third-order valence-electron chi connectivity index (χ3n) is 3.25. The molecule has 0 atom stereocenters. The Balaban J connectivity index is 2.76. The van der Waals surface area contributed by atoms with E-state index in [2.05, 4.69) is 38.0 Å². The number of aromatic nitrogens is 1. The molecule has 4 nitrogen and oxygen atoms in total. The Morgan fingerprint density at radius 2 is 1.94 bits per heavy atom. The maximum Gasteiger partial charge on any atom is 0.356 e. The van der Waals surface area contributed by atoms with Crippen LogP contribution in [0.3, 0.4) is 0 Å². The Hall–Kier alpha value is -1.58. The van der Waals surface area contributed by atoms with Crippen molar-refractivity contribution in [2.24, 2.45) is 17.8 Å². The van der Waals surface area contributed by atoms with Crippen LogP contribution >= 0.6 is 0 Å². The molecule has 2 N–H and O–H groups in total. The molecule has 100 valence electrons. The van der Waals surface area contributed by atoms with Crippen molar-refractivity contribution in [1.29, 1.82) is 0 Å². The van der Waals surface area contributed by atoms with Crippen LogP contribution in [0.25, 0.3) is 0 Å². The van der Waals surface area contributed by atoms with Gasteiger partial charge in [-0.2, -0.15) is 0 Å². The number of hydrogen-bond donors (Lipinski definition) is 2. The molecule has 0 bridgehead atoms. The third-order valence-corrected chi connectivity index (χ3v) is 3.25. The van der Waals surface area contributed by atoms with Crippen LogP contribution < -0.4 is 5.32 Å². The minimum atomic E-state index is -0.997. The maximum absolute atomic E-state index is 11.0. The Kier molecular flexibility index (Phi) is 5.13. The highest BCUT2D eigenvalue weighted by Crippen LogP contribution is 2.22. The molecule has 1 aromatic heterocycles. The SMILES string of the molecule is CC(C)C(CNc1cccnc1C(=O)O)C(C)C. The van der Waals surface area contributed by atoms with E-state index in [9.17, 15) is 4.79 Å². The molecule has 18 heavy (non-hydrogen) atoms. The Morgan fingerprint density at radius 1 is 1.33 bits per heavy atom. The molecule has 0 spiro atoms. The molecule has 0 radical (unpaired) electrons. The quantitative estimate of drug-likeness (QED) is 0.814. The Labute approximate surface area is 108 Å². The zero-order valence-electron chi connectivity index (χ0n) is 11.5. The number of pyridine rings is 1. The standard InChI is InChI=1S/C14H22N2O2/c1-9(2)11(10(3)4)8-16-12-6-5-7-15-13(12)14(17)18/h5-7,9-11,16H,8H2,1-4H3,(H,17,18). The van der Waals surface area contributed by atoms with Crippen molar-refractivity contribution < 1.29 is 9.90 Å². The topological polar surface area (TPSA) is 62.2 Å². The second-order valence-electron chi connectivity index (χ2n) is 5.24. The summed E-state index contributed by atoms with van der Waals surface area (Å²) < 4.78 is 0. The van der Waals surface area contributed by atoms with Crippen molar-refractivity contribution in [2.75, 3.05) is 11.9 Å². The van der Waals surface area contributed by atoms with Gasteiger partial charge in [-0.15, -0.1) is 0 Å². The summed E-state index contributed by atoms with van der Waals surface area (Å²) in [5.74, 6) is 0.625. The number of carboxylic acid groups (broad SMARTS) is 1. The second-order valence-corrected chi connectivity index (χ2v) is 5.24. The van der Waals surface area contributed by atoms with Crippen LogP contribution in [0.2, 0.25) is 0 Å². The summed E-state index contributed by atoms with van der Waals surface area (Å²) in [6.07, 6.45) is 1.50. The van der Waals surface area contributed by atoms with Gasteiger partial charge in [0.2, 0.25) is 0 Å². The van der Waals surface area contributed by atoms with Crippen molar-refractivity contribution in [1.82, 2.24) is 4.98 Å². The smallest absolute Gasteiger partial charge is 0.356 e. The summed E-state index contributed by atoms with van der Waals surface area (Å²) >= 11 is 0. The normalized spacial score (nSPS) is 11.3. The number of nitrogens with one attached hydrogen (secondary N) is 1. The zero-order valence-corrected chi connectivity index (χ0v) is 11.5. The summed E-state index contributed by atoms with van der Waals surface area (Å²) in [6, 6.07) is 3.50. The first-order chi connectivity index (χ1) is 8.43. The van der Waals surface area contributed by atoms with Crippen LogP contribution in [-0.2, 0) is 0 Å². The lowest BCUT2D eigenvalue weighted by atomic mass is 9.85. The molecule has 1 rings (SSSR count). The molecule has 1 aromatic rings. The molecule has 0 saturated heterocycles. The summed E-state index contributed by atoms with van der Waals surface area (Å²) in [6.45, 7) is 9.52. The van der Waals surface area contributed by atoms with Gasteiger partial charge in [0.05, 0.1) is 5.69 Å². The summed E-state index contributed by atoms with van der Waals surface area (Å²) in [7, 11) is 0. The van der Waals surface area contributed by atoms with Crippen LogP contribution in [-0.4, -0.2) is 22.6 Å². The number of aromatic carboxylic acids is 1. The van der Waals surface area contributed by atoms with E-state index in [1.54, 1.807) is 12.1 Å². The highest BCUT2D eigenvalue weighted by Gasteiger charge is 2.18. The molecule has 4 heteroatoms. The van der Waals surface area contributed by atoms with E-state index in [0.29, 0.717) is 23.4 Å². The van der Waals surface area contributed by atoms with E-state index in [1.807, 2.05) is 0 Å². The van der Waals surface area contributed by atoms with E-state index < -0.39 is 5.97 Å². The first-order valence-corrected chi connectivity index (χ1v) is 6.35. The summed E-state index contributed by atoms with van der Waals surface area (Å²) in [4.78, 5) is 14.9. The van der Waals surface area contributed by atoms with Gasteiger partial charge < -0.3 is 10.4 Å². The monoisotopic (exact) mass is 250 g/mol. The zero-order chi connectivity index (χ0) is 13.7. The number of carboxylic acids is 1. The Morgan fingerprint density at radius 3 is 2.44 bits per heavy atom. The molecular formula is C14H22N2O2. The van der Waals surface area contributed by atoms with Gasteiger partial charge in [0.1, 0.15) is 0 Å². The van der Waals surface area contributed by atoms with Gasteiger partial charge in [0.25, 0.3) is 0 Å². The van der Waals surface area contributed by atoms with E-state index in [0.717, 1.165) is 6.54 Å². The summed E-state index contributed by atoms with van der Waals surface area (Å²) in [5.41, 5.74) is 0.681. The maximum atomic E-state index is 11.0. The fourth-order valence-electron chi connectivity index (χ4n) is 2.19. The second kappa shape index (κ2) is 6.38. The van der Waals surface area contributed by atoms with Gasteiger partial charge >= 0.3 is 5.97 Å². The van der Waals surface area contributed by atoms with Gasteiger partial charge in [-0.25, -0.2) is 9.78 Å². The number of anilines is 1. The lowest BCUT2D eigenvalue weighted by Gasteiger charge is -2.25. The molecule has 0 aliphatic carbocycles. The number of nitrogens with zero attached hydrogens (tertiary/aromatic N) is 1. The van der Waals surface area contributed by atoms with E-state index in [1.165, 1.54) is 6.20 Å². The molecule has 0 aromatic carbocycles. The number of rotatable bonds is 6. The van der Waals surface area contributed by atoms with Crippen molar-refractivity contribution >= 4 is 11.7 Å². The first-order valence-electron chi connectivity index (χ1n) is 6.35. The number of hydrogen-bond acceptors (Lipinski definition) is 3. The Bertz CT molecular complexity index is 395. The molecule has 0 amide bonds. The molecule has 0 unspecified atom stereocenters. The third kappa shape index (κ3) is 3.72. The van der Waals surface area contributed by atoms with Crippen LogP contribution in [0.5, 0.6) is 0 Å². The lowest BCUT2D eigenvalue weighted by molar-refractivity contribution is 0.0691. The largest absolute Gasteiger partial charge is 0.476 e. The highest BCUT2D eigenvalue weighted by atomic mass is 16.4. The minimum absolute atomic E-state index is 0.0868. The van der Waals surface area contributed by atoms with Crippen molar-refractivity contribution in [3.63, 3.8) is 0 Å². The van der Waals surface area contributed by atoms with E-state index in [4.69, 9.17) is 5.11 Å². The van der Waals surface area contributed by atoms with Gasteiger partial charge in [0.15, 0.2) is 5.69 Å². The van der Waals surface area contributed by atoms with E-state index in [-0.39, 0.29) is 5.69 Å². The van der Waals surface area contributed by atoms with Crippen LogP contribution in [0.4, 0.5) is 5.69 Å². The highest BCUT2D eigenvalue weighted by molar-refractivity contribution is 5.91. The van der Waals surface area contributed by atoms with Gasteiger partial charge in [-0.1, -0.05) is 27.7 Å². The average molecular weight is 250 g/mol. The van der Waals surface area contributed by atoms with Crippen LogP contribution in [0, 0.1) is 17.8 Å². The van der Waals surface area contributed by atoms with Gasteiger partial charge in [-0.05, 0) is 29.9 Å². The summed E-state index contributed by atoms with van der Waals surface area (Å²) in [5, 5.41) is 12.3. The molecule has 0 saturated carbocycles. The molecule has 0 aliphatic heterocycles. The van der Waals surface area contributed by atoms with E-state index >= 15 is 0 Å². The number of carbonyl (C=O) groups is 1. The minimum Gasteiger partial charge on any atom is -0.476 e. The van der Waals surface area contributed by atoms with Gasteiger partial charge in [-0.3, -0.25) is 0 Å². The first kappa shape index (κ1) is 14.5. The average Bonchev–Trinajstić information content (AvgIpc) is 2.28. The van der Waals surface area contributed by atoms with Crippen molar-refractivity contribution in [3.05, 3.63) is 24.0 Å². The van der Waals surface area contributed by atoms with Gasteiger partial charge in [0, 0.05) is 12.7 Å². The van der Waals surface area contributed by atoms with Crippen LogP contribution in [0.15, 0.2) is 18.3 Å². The predicted molar refractivity (Wildman–Crippen MR) is 72.9 cm³/mol. The van der Waals surface area contributed by atoms with Crippen molar-refractivity contribution in [2.45, 2.75) is 27.7 Å².